The molecule has 1 aromatic carbocycles. The van der Waals surface area contributed by atoms with Gasteiger partial charge in [-0.05, 0) is 38.5 Å². The minimum atomic E-state index is 0.0105. The summed E-state index contributed by atoms with van der Waals surface area (Å²) < 4.78 is 5.71. The zero-order valence-corrected chi connectivity index (χ0v) is 17.1. The Bertz CT molecular complexity index is 821. The van der Waals surface area contributed by atoms with Crippen LogP contribution in [0.5, 0.6) is 0 Å². The summed E-state index contributed by atoms with van der Waals surface area (Å²) in [5.74, 6) is 1.27. The van der Waals surface area contributed by atoms with E-state index in [2.05, 4.69) is 22.2 Å². The van der Waals surface area contributed by atoms with Crippen LogP contribution in [-0.4, -0.2) is 52.6 Å². The normalized spacial score (nSPS) is 21.9. The molecule has 1 N–H and O–H groups in total. The van der Waals surface area contributed by atoms with Crippen molar-refractivity contribution in [3.63, 3.8) is 0 Å². The van der Waals surface area contributed by atoms with E-state index in [9.17, 15) is 4.79 Å². The molecule has 2 fully saturated rings. The molecule has 1 amide bonds. The Morgan fingerprint density at radius 1 is 1.17 bits per heavy atom. The number of carbonyl (C=O) groups excluding carboxylic acids is 1. The fraction of sp³-hybridized carbons (Fsp3) is 0.522. The maximum atomic E-state index is 13.3. The van der Waals surface area contributed by atoms with Crippen molar-refractivity contribution in [2.24, 2.45) is 0 Å². The van der Waals surface area contributed by atoms with Gasteiger partial charge in [-0.2, -0.15) is 0 Å². The van der Waals surface area contributed by atoms with Gasteiger partial charge in [0.15, 0.2) is 5.82 Å². The minimum Gasteiger partial charge on any atom is -0.376 e. The molecule has 0 radical (unpaired) electrons. The lowest BCUT2D eigenvalue weighted by molar-refractivity contribution is 0.0602. The van der Waals surface area contributed by atoms with Crippen molar-refractivity contribution in [2.75, 3.05) is 25.0 Å². The molecule has 6 nitrogen and oxygen atoms in total. The van der Waals surface area contributed by atoms with Crippen molar-refractivity contribution in [3.8, 4) is 11.4 Å². The molecule has 4 rings (SSSR count). The van der Waals surface area contributed by atoms with Gasteiger partial charge in [-0.15, -0.1) is 0 Å². The van der Waals surface area contributed by atoms with E-state index in [0.29, 0.717) is 29.9 Å². The van der Waals surface area contributed by atoms with Crippen molar-refractivity contribution in [1.29, 1.82) is 0 Å². The first-order valence-electron chi connectivity index (χ1n) is 10.9. The predicted molar refractivity (Wildman–Crippen MR) is 114 cm³/mol. The van der Waals surface area contributed by atoms with Crippen LogP contribution in [0, 0.1) is 0 Å². The number of carbonyl (C=O) groups is 1. The summed E-state index contributed by atoms with van der Waals surface area (Å²) in [4.78, 5) is 24.7. The van der Waals surface area contributed by atoms with Crippen LogP contribution in [0.2, 0.25) is 0 Å². The topological polar surface area (TPSA) is 67.4 Å². The Morgan fingerprint density at radius 2 is 2.03 bits per heavy atom. The molecule has 2 aromatic rings. The van der Waals surface area contributed by atoms with Gasteiger partial charge >= 0.3 is 0 Å². The highest BCUT2D eigenvalue weighted by Crippen LogP contribution is 2.24. The van der Waals surface area contributed by atoms with E-state index >= 15 is 0 Å². The van der Waals surface area contributed by atoms with E-state index in [0.717, 1.165) is 50.8 Å². The summed E-state index contributed by atoms with van der Waals surface area (Å²) in [7, 11) is 0. The number of ether oxygens (including phenoxy) is 1. The smallest absolute Gasteiger partial charge is 0.272 e. The van der Waals surface area contributed by atoms with Gasteiger partial charge in [0.2, 0.25) is 0 Å². The van der Waals surface area contributed by atoms with Crippen molar-refractivity contribution in [2.45, 2.75) is 57.6 Å². The highest BCUT2D eigenvalue weighted by atomic mass is 16.5. The average Bonchev–Trinajstić information content (AvgIpc) is 3.31. The first-order chi connectivity index (χ1) is 14.2. The summed E-state index contributed by atoms with van der Waals surface area (Å²) in [5, 5.41) is 3.37. The Kier molecular flexibility index (Phi) is 6.39. The molecule has 0 aliphatic carbocycles. The van der Waals surface area contributed by atoms with Gasteiger partial charge in [0.05, 0.1) is 6.10 Å². The molecule has 2 aliphatic rings. The van der Waals surface area contributed by atoms with Gasteiger partial charge in [0.1, 0.15) is 11.5 Å². The van der Waals surface area contributed by atoms with Crippen molar-refractivity contribution in [3.05, 3.63) is 42.1 Å². The molecule has 1 aromatic heterocycles. The third-order valence-electron chi connectivity index (χ3n) is 5.87. The van der Waals surface area contributed by atoms with Crippen LogP contribution in [0.1, 0.15) is 55.9 Å². The number of hydrogen-bond acceptors (Lipinski definition) is 5. The lowest BCUT2D eigenvalue weighted by Crippen LogP contribution is -2.43. The third-order valence-corrected chi connectivity index (χ3v) is 5.87. The number of nitrogens with one attached hydrogen (secondary N) is 1. The first-order valence-corrected chi connectivity index (χ1v) is 10.9. The number of likely N-dealkylation sites (tertiary alicyclic amines) is 1. The first kappa shape index (κ1) is 19.8. The second kappa shape index (κ2) is 9.35. The van der Waals surface area contributed by atoms with Crippen LogP contribution in [-0.2, 0) is 4.74 Å². The van der Waals surface area contributed by atoms with Crippen LogP contribution in [0.4, 0.5) is 5.82 Å². The van der Waals surface area contributed by atoms with Crippen LogP contribution >= 0.6 is 0 Å². The van der Waals surface area contributed by atoms with Gasteiger partial charge in [-0.25, -0.2) is 9.97 Å². The van der Waals surface area contributed by atoms with Crippen LogP contribution < -0.4 is 5.32 Å². The molecule has 2 saturated heterocycles. The van der Waals surface area contributed by atoms with E-state index in [1.807, 2.05) is 35.2 Å². The number of rotatable bonds is 6. The molecule has 0 spiro atoms. The van der Waals surface area contributed by atoms with Crippen molar-refractivity contribution >= 4 is 11.7 Å². The van der Waals surface area contributed by atoms with Crippen LogP contribution in [0.25, 0.3) is 11.4 Å². The predicted octanol–water partition coefficient (Wildman–Crippen LogP) is 4.14. The van der Waals surface area contributed by atoms with Gasteiger partial charge in [-0.3, -0.25) is 4.79 Å². The van der Waals surface area contributed by atoms with Gasteiger partial charge in [-0.1, -0.05) is 37.3 Å². The quantitative estimate of drug-likeness (QED) is 0.798. The molecule has 2 atom stereocenters. The molecule has 2 unspecified atom stereocenters. The maximum absolute atomic E-state index is 13.3. The molecule has 29 heavy (non-hydrogen) atoms. The molecule has 6 heteroatoms. The largest absolute Gasteiger partial charge is 0.376 e. The van der Waals surface area contributed by atoms with Crippen molar-refractivity contribution in [1.82, 2.24) is 14.9 Å². The highest BCUT2D eigenvalue weighted by molar-refractivity contribution is 5.93. The average molecular weight is 395 g/mol. The summed E-state index contributed by atoms with van der Waals surface area (Å²) in [6.07, 6.45) is 6.66. The number of benzene rings is 1. The fourth-order valence-corrected chi connectivity index (χ4v) is 4.23. The zero-order valence-electron chi connectivity index (χ0n) is 17.1. The Hall–Kier alpha value is -2.47. The number of amides is 1. The van der Waals surface area contributed by atoms with E-state index in [4.69, 9.17) is 4.74 Å². The second-order valence-electron chi connectivity index (χ2n) is 7.90. The summed E-state index contributed by atoms with van der Waals surface area (Å²) in [6, 6.07) is 11.9. The molecule has 3 heterocycles. The number of aromatic nitrogens is 2. The summed E-state index contributed by atoms with van der Waals surface area (Å²) in [5.41, 5.74) is 1.38. The molecular weight excluding hydrogens is 364 g/mol. The van der Waals surface area contributed by atoms with Gasteiger partial charge < -0.3 is 15.0 Å². The summed E-state index contributed by atoms with van der Waals surface area (Å²) in [6.45, 7) is 4.48. The zero-order chi connectivity index (χ0) is 20.1. The standard InChI is InChI=1S/C23H30N4O2/c1-2-18-11-6-7-13-27(18)23(28)20-15-21(24-16-19-12-8-14-29-19)26-22(25-20)17-9-4-3-5-10-17/h3-5,9-10,15,18-19H,2,6-8,11-14,16H2,1H3,(H,24,25,26). The monoisotopic (exact) mass is 394 g/mol. The Labute approximate surface area is 172 Å². The number of piperidine rings is 1. The SMILES string of the molecule is CCC1CCCCN1C(=O)c1cc(NCC2CCCO2)nc(-c2ccccc2)n1. The van der Waals surface area contributed by atoms with Crippen LogP contribution in [0.3, 0.4) is 0 Å². The van der Waals surface area contributed by atoms with E-state index in [-0.39, 0.29) is 12.0 Å². The third kappa shape index (κ3) is 4.75. The van der Waals surface area contributed by atoms with Gasteiger partial charge in [0.25, 0.3) is 5.91 Å². The van der Waals surface area contributed by atoms with E-state index in [1.54, 1.807) is 6.07 Å². The Balaban J connectivity index is 1.62. The molecule has 2 aliphatic heterocycles. The molecule has 0 bridgehead atoms. The maximum Gasteiger partial charge on any atom is 0.272 e. The van der Waals surface area contributed by atoms with E-state index in [1.165, 1.54) is 6.42 Å². The highest BCUT2D eigenvalue weighted by Gasteiger charge is 2.28. The molecule has 154 valence electrons. The van der Waals surface area contributed by atoms with E-state index < -0.39 is 0 Å². The van der Waals surface area contributed by atoms with Crippen molar-refractivity contribution < 1.29 is 9.53 Å². The lowest BCUT2D eigenvalue weighted by atomic mass is 9.99. The molecule has 0 saturated carbocycles. The second-order valence-corrected chi connectivity index (χ2v) is 7.90. The Morgan fingerprint density at radius 3 is 2.79 bits per heavy atom. The van der Waals surface area contributed by atoms with Crippen LogP contribution in [0.15, 0.2) is 36.4 Å². The lowest BCUT2D eigenvalue weighted by Gasteiger charge is -2.35. The fourth-order valence-electron chi connectivity index (χ4n) is 4.23. The van der Waals surface area contributed by atoms with Gasteiger partial charge in [0, 0.05) is 37.4 Å². The minimum absolute atomic E-state index is 0.0105. The molecular formula is C23H30N4O2. The number of hydrogen-bond donors (Lipinski definition) is 1. The summed E-state index contributed by atoms with van der Waals surface area (Å²) >= 11 is 0. The number of nitrogens with zero attached hydrogens (tertiary/aromatic N) is 3. The number of anilines is 1.